The molecule has 1 fully saturated rings. The van der Waals surface area contributed by atoms with E-state index >= 15 is 0 Å². The van der Waals surface area contributed by atoms with E-state index in [-0.39, 0.29) is 11.3 Å². The molecule has 1 rings (SSSR count). The highest BCUT2D eigenvalue weighted by Gasteiger charge is 2.28. The first-order valence-corrected chi connectivity index (χ1v) is 7.39. The van der Waals surface area contributed by atoms with E-state index in [9.17, 15) is 4.79 Å². The van der Waals surface area contributed by atoms with E-state index in [1.807, 2.05) is 20.8 Å². The summed E-state index contributed by atoms with van der Waals surface area (Å²) in [6.07, 6.45) is 6.16. The summed E-state index contributed by atoms with van der Waals surface area (Å²) in [5.74, 6) is 1.05. The number of hydrogen-bond donors (Lipinski definition) is 1. The first kappa shape index (κ1) is 15.5. The summed E-state index contributed by atoms with van der Waals surface area (Å²) in [7, 11) is 0. The fourth-order valence-corrected chi connectivity index (χ4v) is 2.78. The highest BCUT2D eigenvalue weighted by atomic mass is 16.2. The normalized spacial score (nSPS) is 25.9. The zero-order valence-corrected chi connectivity index (χ0v) is 13.1. The van der Waals surface area contributed by atoms with Crippen molar-refractivity contribution in [3.8, 4) is 0 Å². The predicted molar refractivity (Wildman–Crippen MR) is 77.4 cm³/mol. The maximum absolute atomic E-state index is 11.9. The van der Waals surface area contributed by atoms with Crippen molar-refractivity contribution in [1.29, 1.82) is 0 Å². The summed E-state index contributed by atoms with van der Waals surface area (Å²) in [4.78, 5) is 11.9. The number of amides is 1. The molecule has 0 aromatic heterocycles. The van der Waals surface area contributed by atoms with Crippen LogP contribution >= 0.6 is 0 Å². The number of carbonyl (C=O) groups is 1. The third-order valence-corrected chi connectivity index (χ3v) is 3.76. The van der Waals surface area contributed by atoms with Gasteiger partial charge < -0.3 is 5.32 Å². The maximum atomic E-state index is 11.9. The molecular formula is C16H31NO. The van der Waals surface area contributed by atoms with Crippen LogP contribution in [0.1, 0.15) is 73.6 Å². The van der Waals surface area contributed by atoms with Crippen molar-refractivity contribution in [3.05, 3.63) is 0 Å². The smallest absolute Gasteiger partial charge is 0.225 e. The monoisotopic (exact) mass is 253 g/mol. The quantitative estimate of drug-likeness (QED) is 0.787. The minimum atomic E-state index is -0.262. The van der Waals surface area contributed by atoms with Gasteiger partial charge in [0.25, 0.3) is 0 Å². The molecule has 0 aliphatic heterocycles. The molecule has 1 aliphatic carbocycles. The second-order valence-electron chi connectivity index (χ2n) is 8.21. The number of hydrogen-bond acceptors (Lipinski definition) is 1. The predicted octanol–water partition coefficient (Wildman–Crippen LogP) is 4.14. The van der Waals surface area contributed by atoms with E-state index in [2.05, 4.69) is 26.1 Å². The van der Waals surface area contributed by atoms with Crippen molar-refractivity contribution >= 4 is 5.91 Å². The molecule has 2 heteroatoms. The van der Waals surface area contributed by atoms with Crippen LogP contribution in [0.4, 0.5) is 0 Å². The Morgan fingerprint density at radius 2 is 1.50 bits per heavy atom. The molecule has 106 valence electrons. The van der Waals surface area contributed by atoms with E-state index in [4.69, 9.17) is 0 Å². The van der Waals surface area contributed by atoms with Crippen molar-refractivity contribution < 1.29 is 4.79 Å². The standard InChI is InChI=1S/C16H31NO/c1-15(2,3)11-12-7-9-13(10-8-12)17-14(18)16(4,5)6/h12-13H,7-11H2,1-6H3,(H,17,18)/t12-,13+. The number of rotatable bonds is 2. The zero-order chi connectivity index (χ0) is 14.0. The highest BCUT2D eigenvalue weighted by Crippen LogP contribution is 2.34. The summed E-state index contributed by atoms with van der Waals surface area (Å²) in [5.41, 5.74) is 0.175. The van der Waals surface area contributed by atoms with E-state index in [0.29, 0.717) is 11.5 Å². The lowest BCUT2D eigenvalue weighted by atomic mass is 9.76. The summed E-state index contributed by atoms with van der Waals surface area (Å²) in [5, 5.41) is 3.20. The van der Waals surface area contributed by atoms with Crippen molar-refractivity contribution in [1.82, 2.24) is 5.32 Å². The first-order chi connectivity index (χ1) is 8.08. The van der Waals surface area contributed by atoms with E-state index < -0.39 is 0 Å². The van der Waals surface area contributed by atoms with Gasteiger partial charge in [0.05, 0.1) is 0 Å². The summed E-state index contributed by atoms with van der Waals surface area (Å²) >= 11 is 0. The third-order valence-electron chi connectivity index (χ3n) is 3.76. The number of nitrogens with one attached hydrogen (secondary N) is 1. The lowest BCUT2D eigenvalue weighted by Gasteiger charge is -2.34. The van der Waals surface area contributed by atoms with Gasteiger partial charge in [-0.15, -0.1) is 0 Å². The lowest BCUT2D eigenvalue weighted by molar-refractivity contribution is -0.129. The Balaban J connectivity index is 2.34. The molecule has 0 saturated heterocycles. The average molecular weight is 253 g/mol. The van der Waals surface area contributed by atoms with Crippen LogP contribution in [0.3, 0.4) is 0 Å². The summed E-state index contributed by atoms with van der Waals surface area (Å²) < 4.78 is 0. The largest absolute Gasteiger partial charge is 0.353 e. The van der Waals surface area contributed by atoms with Crippen LogP contribution < -0.4 is 5.32 Å². The molecule has 0 spiro atoms. The molecule has 0 aromatic carbocycles. The molecule has 0 heterocycles. The van der Waals surface area contributed by atoms with Gasteiger partial charge in [-0.1, -0.05) is 41.5 Å². The molecule has 0 unspecified atom stereocenters. The molecule has 0 radical (unpaired) electrons. The van der Waals surface area contributed by atoms with Crippen molar-refractivity contribution in [2.75, 3.05) is 0 Å². The van der Waals surface area contributed by atoms with E-state index in [1.54, 1.807) is 0 Å². The van der Waals surface area contributed by atoms with Crippen molar-refractivity contribution in [2.45, 2.75) is 79.7 Å². The van der Waals surface area contributed by atoms with Gasteiger partial charge in [-0.2, -0.15) is 0 Å². The van der Waals surface area contributed by atoms with Crippen LogP contribution in [0.25, 0.3) is 0 Å². The molecule has 1 aliphatic rings. The van der Waals surface area contributed by atoms with Crippen LogP contribution in [-0.2, 0) is 4.79 Å². The fraction of sp³-hybridized carbons (Fsp3) is 0.938. The first-order valence-electron chi connectivity index (χ1n) is 7.39. The number of carbonyl (C=O) groups excluding carboxylic acids is 1. The van der Waals surface area contributed by atoms with Crippen LogP contribution in [-0.4, -0.2) is 11.9 Å². The maximum Gasteiger partial charge on any atom is 0.225 e. The second-order valence-corrected chi connectivity index (χ2v) is 8.21. The Labute approximate surface area is 113 Å². The van der Waals surface area contributed by atoms with Crippen LogP contribution in [0, 0.1) is 16.7 Å². The van der Waals surface area contributed by atoms with Crippen molar-refractivity contribution in [2.24, 2.45) is 16.7 Å². The minimum absolute atomic E-state index is 0.196. The average Bonchev–Trinajstić information content (AvgIpc) is 2.17. The van der Waals surface area contributed by atoms with Crippen LogP contribution in [0.2, 0.25) is 0 Å². The van der Waals surface area contributed by atoms with Gasteiger partial charge in [0.1, 0.15) is 0 Å². The van der Waals surface area contributed by atoms with Crippen LogP contribution in [0.5, 0.6) is 0 Å². The molecule has 0 bridgehead atoms. The van der Waals surface area contributed by atoms with Gasteiger partial charge in [0.15, 0.2) is 0 Å². The van der Waals surface area contributed by atoms with Gasteiger partial charge in [-0.05, 0) is 43.4 Å². The van der Waals surface area contributed by atoms with Crippen molar-refractivity contribution in [3.63, 3.8) is 0 Å². The zero-order valence-electron chi connectivity index (χ0n) is 13.1. The van der Waals surface area contributed by atoms with E-state index in [1.165, 1.54) is 19.3 Å². The topological polar surface area (TPSA) is 29.1 Å². The molecule has 1 saturated carbocycles. The third kappa shape index (κ3) is 5.41. The minimum Gasteiger partial charge on any atom is -0.353 e. The molecular weight excluding hydrogens is 222 g/mol. The van der Waals surface area contributed by atoms with Gasteiger partial charge in [0, 0.05) is 11.5 Å². The fourth-order valence-electron chi connectivity index (χ4n) is 2.78. The Morgan fingerprint density at radius 1 is 1.00 bits per heavy atom. The Morgan fingerprint density at radius 3 is 1.89 bits per heavy atom. The Bertz CT molecular complexity index is 274. The molecule has 1 N–H and O–H groups in total. The lowest BCUT2D eigenvalue weighted by Crippen LogP contribution is -2.43. The van der Waals surface area contributed by atoms with Gasteiger partial charge >= 0.3 is 0 Å². The van der Waals surface area contributed by atoms with Crippen LogP contribution in [0.15, 0.2) is 0 Å². The summed E-state index contributed by atoms with van der Waals surface area (Å²) in [6, 6.07) is 0.410. The Hall–Kier alpha value is -0.530. The second kappa shape index (κ2) is 5.63. The van der Waals surface area contributed by atoms with Gasteiger partial charge in [0.2, 0.25) is 5.91 Å². The van der Waals surface area contributed by atoms with Gasteiger partial charge in [-0.25, -0.2) is 0 Å². The molecule has 0 aromatic rings. The molecule has 18 heavy (non-hydrogen) atoms. The Kier molecular flexibility index (Phi) is 4.85. The molecule has 2 nitrogen and oxygen atoms in total. The molecule has 1 amide bonds. The highest BCUT2D eigenvalue weighted by molar-refractivity contribution is 5.81. The van der Waals surface area contributed by atoms with Gasteiger partial charge in [-0.3, -0.25) is 4.79 Å². The SMILES string of the molecule is CC(C)(C)C[C@H]1CC[C@@H](NC(=O)C(C)(C)C)CC1. The summed E-state index contributed by atoms with van der Waals surface area (Å²) in [6.45, 7) is 12.9. The van der Waals surface area contributed by atoms with E-state index in [0.717, 1.165) is 18.8 Å². The molecule has 0 atom stereocenters.